The molecule has 1 unspecified atom stereocenters. The summed E-state index contributed by atoms with van der Waals surface area (Å²) in [6, 6.07) is 0. The van der Waals surface area contributed by atoms with Crippen molar-refractivity contribution in [3.05, 3.63) is 0 Å². The zero-order valence-electron chi connectivity index (χ0n) is 8.24. The Balaban J connectivity index is 2.96. The first-order valence-electron chi connectivity index (χ1n) is 4.08. The van der Waals surface area contributed by atoms with Crippen LogP contribution in [0.15, 0.2) is 0 Å². The first-order valence-corrected chi connectivity index (χ1v) is 6.57. The Morgan fingerprint density at radius 3 is 1.92 bits per heavy atom. The van der Waals surface area contributed by atoms with Crippen LogP contribution in [0.25, 0.3) is 0 Å². The minimum Gasteiger partial charge on any atom is -0.323 e. The van der Waals surface area contributed by atoms with Crippen molar-refractivity contribution < 1.29 is 14.4 Å². The molecule has 1 rings (SSSR count). The van der Waals surface area contributed by atoms with E-state index in [4.69, 9.17) is 9.79 Å². The van der Waals surface area contributed by atoms with E-state index in [-0.39, 0.29) is 4.87 Å². The van der Waals surface area contributed by atoms with Gasteiger partial charge >= 0.3 is 7.60 Å². The molecule has 0 aromatic rings. The molecule has 3 N–H and O–H groups in total. The van der Waals surface area contributed by atoms with Crippen LogP contribution in [0, 0.1) is 0 Å². The van der Waals surface area contributed by atoms with E-state index in [9.17, 15) is 4.57 Å². The smallest absolute Gasteiger partial charge is 0.323 e. The normalized spacial score (nSPS) is 32.0. The summed E-state index contributed by atoms with van der Waals surface area (Å²) in [7, 11) is -4.05. The Bertz CT molecular complexity index is 260. The van der Waals surface area contributed by atoms with Gasteiger partial charge in [0.2, 0.25) is 0 Å². The summed E-state index contributed by atoms with van der Waals surface area (Å²) in [5.74, 6) is -0.750. The van der Waals surface area contributed by atoms with E-state index in [0.717, 1.165) is 0 Å². The van der Waals surface area contributed by atoms with Gasteiger partial charge in [0.1, 0.15) is 5.78 Å². The topological polar surface area (TPSA) is 69.6 Å². The molecule has 0 aliphatic carbocycles. The van der Waals surface area contributed by atoms with Gasteiger partial charge in [0.15, 0.2) is 0 Å². The van der Waals surface area contributed by atoms with Gasteiger partial charge < -0.3 is 9.79 Å². The third kappa shape index (κ3) is 2.48. The highest BCUT2D eigenvalue weighted by Gasteiger charge is 2.52. The number of nitrogens with one attached hydrogen (secondary N) is 1. The molecule has 1 atom stereocenters. The summed E-state index contributed by atoms with van der Waals surface area (Å²) in [6.45, 7) is 7.55. The lowest BCUT2D eigenvalue weighted by Crippen LogP contribution is -2.40. The van der Waals surface area contributed by atoms with Crippen LogP contribution in [-0.2, 0) is 4.57 Å². The second-order valence-electron chi connectivity index (χ2n) is 4.35. The average Bonchev–Trinajstić information content (AvgIpc) is 1.97. The minimum atomic E-state index is -4.05. The minimum absolute atomic E-state index is 0.269. The fourth-order valence-corrected chi connectivity index (χ4v) is 5.36. The van der Waals surface area contributed by atoms with Gasteiger partial charge in [-0.1, -0.05) is 0 Å². The van der Waals surface area contributed by atoms with Crippen molar-refractivity contribution in [1.29, 1.82) is 0 Å². The summed E-state index contributed by atoms with van der Waals surface area (Å²) >= 11 is 1.56. The Morgan fingerprint density at radius 1 is 1.31 bits per heavy atom. The maximum Gasteiger partial charge on any atom is 0.343 e. The molecular formula is C7H16NO3PS. The van der Waals surface area contributed by atoms with Gasteiger partial charge in [0.25, 0.3) is 0 Å². The molecule has 0 spiro atoms. The van der Waals surface area contributed by atoms with Crippen LogP contribution in [0.3, 0.4) is 0 Å². The second-order valence-corrected chi connectivity index (χ2v) is 8.32. The van der Waals surface area contributed by atoms with Gasteiger partial charge in [-0.25, -0.2) is 0 Å². The van der Waals surface area contributed by atoms with Gasteiger partial charge in [-0.3, -0.25) is 9.88 Å². The third-order valence-electron chi connectivity index (χ3n) is 2.00. The lowest BCUT2D eigenvalue weighted by atomic mass is 10.2. The third-order valence-corrected chi connectivity index (χ3v) is 5.01. The molecule has 0 aromatic carbocycles. The maximum atomic E-state index is 11.2. The standard InChI is InChI=1S/C7H16NO3PS/c1-6(2)5(12(9,10)11)8-7(3,4)13-6/h5,8H,1-4H3,(H2,9,10,11). The molecule has 0 saturated carbocycles. The molecular weight excluding hydrogens is 209 g/mol. The van der Waals surface area contributed by atoms with Crippen molar-refractivity contribution in [2.45, 2.75) is 43.1 Å². The largest absolute Gasteiger partial charge is 0.343 e. The average molecular weight is 225 g/mol. The lowest BCUT2D eigenvalue weighted by molar-refractivity contribution is 0.331. The van der Waals surface area contributed by atoms with E-state index in [2.05, 4.69) is 5.32 Å². The van der Waals surface area contributed by atoms with Crippen LogP contribution < -0.4 is 5.32 Å². The first kappa shape index (κ1) is 11.5. The molecule has 13 heavy (non-hydrogen) atoms. The van der Waals surface area contributed by atoms with E-state index < -0.39 is 18.1 Å². The highest BCUT2D eigenvalue weighted by Crippen LogP contribution is 2.56. The predicted molar refractivity (Wildman–Crippen MR) is 54.7 cm³/mol. The number of rotatable bonds is 1. The molecule has 1 saturated heterocycles. The Morgan fingerprint density at radius 2 is 1.77 bits per heavy atom. The molecule has 6 heteroatoms. The van der Waals surface area contributed by atoms with E-state index in [1.165, 1.54) is 0 Å². The molecule has 4 nitrogen and oxygen atoms in total. The van der Waals surface area contributed by atoms with Crippen LogP contribution in [0.5, 0.6) is 0 Å². The highest BCUT2D eigenvalue weighted by molar-refractivity contribution is 8.02. The number of hydrogen-bond acceptors (Lipinski definition) is 3. The first-order chi connectivity index (χ1) is 5.55. The highest BCUT2D eigenvalue weighted by atomic mass is 32.2. The quantitative estimate of drug-likeness (QED) is 0.587. The Hall–Kier alpha value is 0.460. The maximum absolute atomic E-state index is 11.2. The van der Waals surface area contributed by atoms with Gasteiger partial charge in [-0.05, 0) is 27.7 Å². The summed E-state index contributed by atoms with van der Waals surface area (Å²) in [5.41, 5.74) is 0. The molecule has 0 aromatic heterocycles. The molecule has 0 radical (unpaired) electrons. The summed E-state index contributed by atoms with van der Waals surface area (Å²) in [6.07, 6.45) is 0. The molecule has 0 bridgehead atoms. The predicted octanol–water partition coefficient (Wildman–Crippen LogP) is 1.34. The van der Waals surface area contributed by atoms with Crippen LogP contribution in [0.2, 0.25) is 0 Å². The van der Waals surface area contributed by atoms with Crippen molar-refractivity contribution >= 4 is 19.4 Å². The summed E-state index contributed by atoms with van der Waals surface area (Å²) < 4.78 is 10.7. The van der Waals surface area contributed by atoms with Crippen molar-refractivity contribution in [2.24, 2.45) is 0 Å². The van der Waals surface area contributed by atoms with E-state index in [1.807, 2.05) is 27.7 Å². The molecule has 1 aliphatic heterocycles. The monoisotopic (exact) mass is 225 g/mol. The molecule has 1 fully saturated rings. The van der Waals surface area contributed by atoms with Crippen LogP contribution in [0.1, 0.15) is 27.7 Å². The van der Waals surface area contributed by atoms with Crippen molar-refractivity contribution in [3.63, 3.8) is 0 Å². The zero-order valence-corrected chi connectivity index (χ0v) is 9.95. The van der Waals surface area contributed by atoms with E-state index in [1.54, 1.807) is 11.8 Å². The second kappa shape index (κ2) is 2.97. The van der Waals surface area contributed by atoms with Crippen LogP contribution in [-0.4, -0.2) is 25.2 Å². The van der Waals surface area contributed by atoms with Crippen molar-refractivity contribution in [2.75, 3.05) is 0 Å². The molecule has 1 aliphatic rings. The van der Waals surface area contributed by atoms with Gasteiger partial charge in [0, 0.05) is 4.75 Å². The van der Waals surface area contributed by atoms with Crippen LogP contribution >= 0.6 is 19.4 Å². The summed E-state index contributed by atoms with van der Waals surface area (Å²) in [5, 5.41) is 2.96. The van der Waals surface area contributed by atoms with E-state index >= 15 is 0 Å². The molecule has 78 valence electrons. The molecule has 1 heterocycles. The van der Waals surface area contributed by atoms with Crippen LogP contribution in [0.4, 0.5) is 0 Å². The zero-order chi connectivity index (χ0) is 10.5. The molecule has 0 amide bonds. The summed E-state index contributed by atoms with van der Waals surface area (Å²) in [4.78, 5) is 18.0. The number of thioether (sulfide) groups is 1. The fraction of sp³-hybridized carbons (Fsp3) is 1.00. The van der Waals surface area contributed by atoms with Gasteiger partial charge in [-0.15, -0.1) is 11.8 Å². The van der Waals surface area contributed by atoms with E-state index in [0.29, 0.717) is 0 Å². The van der Waals surface area contributed by atoms with Crippen molar-refractivity contribution in [1.82, 2.24) is 5.32 Å². The van der Waals surface area contributed by atoms with Crippen molar-refractivity contribution in [3.8, 4) is 0 Å². The Kier molecular flexibility index (Phi) is 2.64. The fourth-order valence-electron chi connectivity index (χ4n) is 1.74. The number of hydrogen-bond donors (Lipinski definition) is 3. The Labute approximate surface area is 82.6 Å². The van der Waals surface area contributed by atoms with Gasteiger partial charge in [0.05, 0.1) is 4.87 Å². The lowest BCUT2D eigenvalue weighted by Gasteiger charge is -2.25. The van der Waals surface area contributed by atoms with Gasteiger partial charge in [-0.2, -0.15) is 0 Å². The SMILES string of the molecule is CC1(C)NC(P(=O)(O)O)C(C)(C)S1.